The molecule has 0 fully saturated rings. The number of nitrogens with one attached hydrogen (secondary N) is 1. The normalized spacial score (nSPS) is 12.3. The SMILES string of the molecule is CCN(CC)c1ccc(C(c2ccc(N(CC)CC)cc2)c2ccc(NCCOC(=O)C(N)CC(C)(C)C)c3ccccc23)cc1. The predicted molar refractivity (Wildman–Crippen MR) is 196 cm³/mol. The molecule has 6 heteroatoms. The van der Waals surface area contributed by atoms with Crippen LogP contribution in [0.3, 0.4) is 0 Å². The Balaban J connectivity index is 1.66. The fourth-order valence-corrected chi connectivity index (χ4v) is 6.40. The highest BCUT2D eigenvalue weighted by Gasteiger charge is 2.23. The van der Waals surface area contributed by atoms with E-state index in [1.54, 1.807) is 0 Å². The van der Waals surface area contributed by atoms with E-state index in [1.807, 2.05) is 0 Å². The van der Waals surface area contributed by atoms with Crippen LogP contribution >= 0.6 is 0 Å². The lowest BCUT2D eigenvalue weighted by Crippen LogP contribution is -2.36. The van der Waals surface area contributed by atoms with Crippen molar-refractivity contribution in [3.8, 4) is 0 Å². The molecule has 0 aliphatic carbocycles. The van der Waals surface area contributed by atoms with Crippen LogP contribution in [0.5, 0.6) is 0 Å². The molecule has 4 rings (SSSR count). The number of hydrogen-bond donors (Lipinski definition) is 2. The quantitative estimate of drug-likeness (QED) is 0.0788. The van der Waals surface area contributed by atoms with Crippen molar-refractivity contribution in [2.24, 2.45) is 11.1 Å². The number of nitrogens with zero attached hydrogens (tertiary/aromatic N) is 2. The van der Waals surface area contributed by atoms with Crippen LogP contribution in [0, 0.1) is 5.41 Å². The Morgan fingerprint density at radius 3 is 1.72 bits per heavy atom. The van der Waals surface area contributed by atoms with E-state index >= 15 is 0 Å². The van der Waals surface area contributed by atoms with Crippen LogP contribution in [-0.2, 0) is 9.53 Å². The lowest BCUT2D eigenvalue weighted by Gasteiger charge is -2.26. The molecule has 0 aliphatic rings. The summed E-state index contributed by atoms with van der Waals surface area (Å²) in [6.45, 7) is 19.7. The van der Waals surface area contributed by atoms with Crippen LogP contribution < -0.4 is 20.9 Å². The third-order valence-corrected chi connectivity index (χ3v) is 8.78. The maximum absolute atomic E-state index is 12.4. The molecule has 0 radical (unpaired) electrons. The van der Waals surface area contributed by atoms with Gasteiger partial charge in [-0.1, -0.05) is 75.4 Å². The van der Waals surface area contributed by atoms with E-state index in [2.05, 4.69) is 149 Å². The Hall–Kier alpha value is -4.03. The molecule has 6 nitrogen and oxygen atoms in total. The molecule has 0 amide bonds. The highest BCUT2D eigenvalue weighted by Crippen LogP contribution is 2.39. The summed E-state index contributed by atoms with van der Waals surface area (Å²) in [7, 11) is 0. The smallest absolute Gasteiger partial charge is 0.322 e. The number of carbonyl (C=O) groups is 1. The highest BCUT2D eigenvalue weighted by molar-refractivity contribution is 5.97. The summed E-state index contributed by atoms with van der Waals surface area (Å²) >= 11 is 0. The third kappa shape index (κ3) is 8.61. The summed E-state index contributed by atoms with van der Waals surface area (Å²) in [6, 6.07) is 30.5. The Morgan fingerprint density at radius 2 is 1.24 bits per heavy atom. The van der Waals surface area contributed by atoms with Gasteiger partial charge in [-0.2, -0.15) is 0 Å². The number of ether oxygens (including phenoxy) is 1. The van der Waals surface area contributed by atoms with Gasteiger partial charge in [0.1, 0.15) is 12.6 Å². The number of hydrogen-bond acceptors (Lipinski definition) is 6. The molecule has 0 bridgehead atoms. The summed E-state index contributed by atoms with van der Waals surface area (Å²) in [5.41, 5.74) is 13.3. The summed E-state index contributed by atoms with van der Waals surface area (Å²) < 4.78 is 5.51. The van der Waals surface area contributed by atoms with Crippen molar-refractivity contribution in [2.45, 2.75) is 66.8 Å². The molecule has 0 saturated carbocycles. The van der Waals surface area contributed by atoms with E-state index < -0.39 is 6.04 Å². The van der Waals surface area contributed by atoms with Crippen molar-refractivity contribution in [3.63, 3.8) is 0 Å². The largest absolute Gasteiger partial charge is 0.463 e. The lowest BCUT2D eigenvalue weighted by molar-refractivity contribution is -0.145. The second kappa shape index (κ2) is 16.0. The molecule has 1 unspecified atom stereocenters. The average molecular weight is 623 g/mol. The van der Waals surface area contributed by atoms with Crippen molar-refractivity contribution in [2.75, 3.05) is 54.4 Å². The first-order valence-corrected chi connectivity index (χ1v) is 17.0. The van der Waals surface area contributed by atoms with E-state index in [9.17, 15) is 4.79 Å². The zero-order chi connectivity index (χ0) is 33.3. The van der Waals surface area contributed by atoms with E-state index in [4.69, 9.17) is 10.5 Å². The number of esters is 1. The molecule has 4 aromatic rings. The van der Waals surface area contributed by atoms with Crippen LogP contribution in [0.2, 0.25) is 0 Å². The van der Waals surface area contributed by atoms with Crippen LogP contribution in [0.4, 0.5) is 17.1 Å². The topological polar surface area (TPSA) is 70.8 Å². The number of nitrogens with two attached hydrogens (primary N) is 1. The summed E-state index contributed by atoms with van der Waals surface area (Å²) in [5, 5.41) is 5.85. The second-order valence-electron chi connectivity index (χ2n) is 13.2. The second-order valence-corrected chi connectivity index (χ2v) is 13.2. The molecule has 0 aliphatic heterocycles. The highest BCUT2D eigenvalue weighted by atomic mass is 16.5. The number of benzene rings is 4. The Kier molecular flexibility index (Phi) is 12.1. The standard InChI is InChI=1S/C40H54N4O2/c1-8-43(9-2)31-20-16-29(17-21-31)38(30-18-22-32(23-19-30)44(10-3)11-4)35-24-25-37(34-15-13-12-14-33(34)35)42-26-27-46-39(45)36(41)28-40(5,6)7/h12-25,36,38,42H,8-11,26-28,41H2,1-7H3. The van der Waals surface area contributed by atoms with Gasteiger partial charge in [-0.25, -0.2) is 0 Å². The van der Waals surface area contributed by atoms with Gasteiger partial charge in [0.15, 0.2) is 0 Å². The maximum atomic E-state index is 12.4. The Labute approximate surface area is 276 Å². The first kappa shape index (κ1) is 34.8. The summed E-state index contributed by atoms with van der Waals surface area (Å²) in [4.78, 5) is 17.2. The summed E-state index contributed by atoms with van der Waals surface area (Å²) in [6.07, 6.45) is 0.586. The number of carbonyl (C=O) groups excluding carboxylic acids is 1. The predicted octanol–water partition coefficient (Wildman–Crippen LogP) is 8.43. The minimum Gasteiger partial charge on any atom is -0.463 e. The van der Waals surface area contributed by atoms with Crippen LogP contribution in [0.1, 0.15) is 77.5 Å². The molecule has 4 aromatic carbocycles. The Morgan fingerprint density at radius 1 is 0.739 bits per heavy atom. The molecular formula is C40H54N4O2. The molecule has 0 spiro atoms. The van der Waals surface area contributed by atoms with Crippen LogP contribution in [-0.4, -0.2) is 51.3 Å². The minimum absolute atomic E-state index is 0.0317. The molecule has 0 aromatic heterocycles. The van der Waals surface area contributed by atoms with Gasteiger partial charge in [-0.05, 0) is 91.9 Å². The zero-order valence-corrected chi connectivity index (χ0v) is 29.0. The van der Waals surface area contributed by atoms with Gasteiger partial charge in [0.25, 0.3) is 0 Å². The molecule has 0 saturated heterocycles. The number of fused-ring (bicyclic) bond motifs is 1. The van der Waals surface area contributed by atoms with E-state index in [1.165, 1.54) is 33.5 Å². The zero-order valence-electron chi connectivity index (χ0n) is 29.0. The number of rotatable bonds is 15. The van der Waals surface area contributed by atoms with Gasteiger partial charge in [0.2, 0.25) is 0 Å². The molecule has 1 atom stereocenters. The van der Waals surface area contributed by atoms with Crippen LogP contribution in [0.15, 0.2) is 84.9 Å². The van der Waals surface area contributed by atoms with E-state index in [-0.39, 0.29) is 23.9 Å². The average Bonchev–Trinajstić information content (AvgIpc) is 3.05. The molecular weight excluding hydrogens is 568 g/mol. The van der Waals surface area contributed by atoms with Crippen molar-refractivity contribution in [1.29, 1.82) is 0 Å². The van der Waals surface area contributed by atoms with Gasteiger partial charge < -0.3 is 25.6 Å². The first-order chi connectivity index (χ1) is 22.1. The van der Waals surface area contributed by atoms with Gasteiger partial charge >= 0.3 is 5.97 Å². The molecule has 46 heavy (non-hydrogen) atoms. The van der Waals surface area contributed by atoms with Crippen molar-refractivity contribution in [1.82, 2.24) is 0 Å². The molecule has 3 N–H and O–H groups in total. The van der Waals surface area contributed by atoms with Gasteiger partial charge in [-0.3, -0.25) is 4.79 Å². The summed E-state index contributed by atoms with van der Waals surface area (Å²) in [5.74, 6) is -0.292. The fourth-order valence-electron chi connectivity index (χ4n) is 6.40. The minimum atomic E-state index is -0.612. The maximum Gasteiger partial charge on any atom is 0.322 e. The molecule has 0 heterocycles. The monoisotopic (exact) mass is 622 g/mol. The van der Waals surface area contributed by atoms with Crippen molar-refractivity contribution < 1.29 is 9.53 Å². The van der Waals surface area contributed by atoms with Crippen molar-refractivity contribution >= 4 is 33.8 Å². The van der Waals surface area contributed by atoms with Gasteiger partial charge in [-0.15, -0.1) is 0 Å². The lowest BCUT2D eigenvalue weighted by atomic mass is 9.82. The van der Waals surface area contributed by atoms with E-state index in [0.29, 0.717) is 13.0 Å². The fraction of sp³-hybridized carbons (Fsp3) is 0.425. The van der Waals surface area contributed by atoms with Gasteiger partial charge in [0, 0.05) is 61.1 Å². The molecule has 246 valence electrons. The first-order valence-electron chi connectivity index (χ1n) is 17.0. The number of anilines is 3. The van der Waals surface area contributed by atoms with E-state index in [0.717, 1.165) is 37.3 Å². The Bertz CT molecular complexity index is 1480. The third-order valence-electron chi connectivity index (χ3n) is 8.78. The van der Waals surface area contributed by atoms with Gasteiger partial charge in [0.05, 0.1) is 0 Å². The van der Waals surface area contributed by atoms with Crippen molar-refractivity contribution in [3.05, 3.63) is 102 Å². The van der Waals surface area contributed by atoms with Crippen LogP contribution in [0.25, 0.3) is 10.8 Å².